The first-order valence-electron chi connectivity index (χ1n) is 7.75. The first-order chi connectivity index (χ1) is 12.0. The minimum atomic E-state index is -0.519. The van der Waals surface area contributed by atoms with Gasteiger partial charge in [0.2, 0.25) is 0 Å². The molecule has 0 heterocycles. The molecule has 0 saturated heterocycles. The maximum atomic E-state index is 12.3. The van der Waals surface area contributed by atoms with Crippen molar-refractivity contribution in [2.45, 2.75) is 6.92 Å². The first kappa shape index (κ1) is 17.2. The summed E-state index contributed by atoms with van der Waals surface area (Å²) < 4.78 is 5.95. The van der Waals surface area contributed by atoms with Crippen molar-refractivity contribution in [1.82, 2.24) is 0 Å². The summed E-state index contributed by atoms with van der Waals surface area (Å²) in [4.78, 5) is 24.4. The Balaban J connectivity index is 1.66. The molecule has 0 aliphatic carbocycles. The van der Waals surface area contributed by atoms with E-state index in [0.29, 0.717) is 11.3 Å². The van der Waals surface area contributed by atoms with Crippen molar-refractivity contribution in [2.75, 3.05) is 11.9 Å². The van der Waals surface area contributed by atoms with E-state index in [1.165, 1.54) is 0 Å². The number of rotatable bonds is 4. The van der Waals surface area contributed by atoms with Crippen LogP contribution >= 0.6 is 15.9 Å². The van der Waals surface area contributed by atoms with Crippen LogP contribution in [0.2, 0.25) is 0 Å². The third kappa shape index (κ3) is 4.06. The number of aryl methyl sites for hydroxylation is 1. The number of benzene rings is 3. The minimum absolute atomic E-state index is 0.345. The molecule has 1 N–H and O–H groups in total. The Morgan fingerprint density at radius 2 is 1.80 bits per heavy atom. The Labute approximate surface area is 153 Å². The summed E-state index contributed by atoms with van der Waals surface area (Å²) in [5.74, 6) is -0.909. The van der Waals surface area contributed by atoms with Crippen LogP contribution in [0.3, 0.4) is 0 Å². The van der Waals surface area contributed by atoms with Gasteiger partial charge in [0.1, 0.15) is 0 Å². The molecule has 3 rings (SSSR count). The number of anilines is 1. The largest absolute Gasteiger partial charge is 0.452 e. The molecular weight excluding hydrogens is 382 g/mol. The molecule has 25 heavy (non-hydrogen) atoms. The zero-order valence-electron chi connectivity index (χ0n) is 13.6. The zero-order chi connectivity index (χ0) is 17.8. The SMILES string of the molecule is Cc1ccc(NC(=O)COC(=O)c2cccc3ccccc23)c(Br)c1. The number of nitrogens with one attached hydrogen (secondary N) is 1. The molecule has 0 aromatic heterocycles. The fourth-order valence-corrected chi connectivity index (χ4v) is 3.11. The fraction of sp³-hybridized carbons (Fsp3) is 0.100. The van der Waals surface area contributed by atoms with Gasteiger partial charge in [-0.25, -0.2) is 4.79 Å². The third-order valence-corrected chi connectivity index (χ3v) is 4.40. The molecule has 0 bridgehead atoms. The highest BCUT2D eigenvalue weighted by Gasteiger charge is 2.13. The van der Waals surface area contributed by atoms with Gasteiger partial charge in [-0.15, -0.1) is 0 Å². The third-order valence-electron chi connectivity index (χ3n) is 3.74. The van der Waals surface area contributed by atoms with Crippen molar-refractivity contribution in [3.05, 3.63) is 76.3 Å². The van der Waals surface area contributed by atoms with E-state index in [1.807, 2.05) is 49.4 Å². The van der Waals surface area contributed by atoms with Gasteiger partial charge < -0.3 is 10.1 Å². The summed E-state index contributed by atoms with van der Waals surface area (Å²) >= 11 is 3.40. The lowest BCUT2D eigenvalue weighted by molar-refractivity contribution is -0.119. The van der Waals surface area contributed by atoms with Gasteiger partial charge in [0.25, 0.3) is 5.91 Å². The molecule has 0 radical (unpaired) electrons. The summed E-state index contributed by atoms with van der Waals surface area (Å²) in [6.45, 7) is 1.62. The van der Waals surface area contributed by atoms with Gasteiger partial charge in [-0.1, -0.05) is 42.5 Å². The first-order valence-corrected chi connectivity index (χ1v) is 8.55. The molecule has 0 unspecified atom stereocenters. The summed E-state index contributed by atoms with van der Waals surface area (Å²) in [5, 5.41) is 4.47. The maximum Gasteiger partial charge on any atom is 0.339 e. The topological polar surface area (TPSA) is 55.4 Å². The summed E-state index contributed by atoms with van der Waals surface area (Å²) in [5.41, 5.74) is 2.16. The highest BCUT2D eigenvalue weighted by atomic mass is 79.9. The van der Waals surface area contributed by atoms with Gasteiger partial charge in [-0.05, 0) is 57.4 Å². The molecule has 3 aromatic rings. The van der Waals surface area contributed by atoms with Crippen molar-refractivity contribution < 1.29 is 14.3 Å². The smallest absolute Gasteiger partial charge is 0.339 e. The van der Waals surface area contributed by atoms with Crippen molar-refractivity contribution >= 4 is 44.3 Å². The van der Waals surface area contributed by atoms with E-state index in [-0.39, 0.29) is 6.61 Å². The Morgan fingerprint density at radius 3 is 2.60 bits per heavy atom. The van der Waals surface area contributed by atoms with Gasteiger partial charge in [0.05, 0.1) is 11.3 Å². The quantitative estimate of drug-likeness (QED) is 0.648. The van der Waals surface area contributed by atoms with Crippen molar-refractivity contribution in [2.24, 2.45) is 0 Å². The molecule has 0 aliphatic rings. The van der Waals surface area contributed by atoms with Crippen molar-refractivity contribution in [1.29, 1.82) is 0 Å². The highest BCUT2D eigenvalue weighted by Crippen LogP contribution is 2.23. The van der Waals surface area contributed by atoms with E-state index < -0.39 is 11.9 Å². The van der Waals surface area contributed by atoms with Crippen LogP contribution in [0.25, 0.3) is 10.8 Å². The van der Waals surface area contributed by atoms with E-state index in [0.717, 1.165) is 20.8 Å². The number of esters is 1. The number of amides is 1. The van der Waals surface area contributed by atoms with E-state index in [9.17, 15) is 9.59 Å². The summed E-state index contributed by atoms with van der Waals surface area (Å²) in [6.07, 6.45) is 0. The Hall–Kier alpha value is -2.66. The molecule has 1 amide bonds. The van der Waals surface area contributed by atoms with Crippen LogP contribution in [0.5, 0.6) is 0 Å². The number of carbonyl (C=O) groups is 2. The molecule has 0 saturated carbocycles. The van der Waals surface area contributed by atoms with E-state index in [4.69, 9.17) is 4.74 Å². The van der Waals surface area contributed by atoms with E-state index in [1.54, 1.807) is 18.2 Å². The Kier molecular flexibility index (Phi) is 5.14. The highest BCUT2D eigenvalue weighted by molar-refractivity contribution is 9.10. The molecule has 0 fully saturated rings. The van der Waals surface area contributed by atoms with Crippen LogP contribution in [0.1, 0.15) is 15.9 Å². The van der Waals surface area contributed by atoms with Crippen LogP contribution in [-0.4, -0.2) is 18.5 Å². The van der Waals surface area contributed by atoms with Crippen LogP contribution in [0.15, 0.2) is 65.1 Å². The van der Waals surface area contributed by atoms with Crippen LogP contribution < -0.4 is 5.32 Å². The fourth-order valence-electron chi connectivity index (χ4n) is 2.52. The second-order valence-corrected chi connectivity index (χ2v) is 6.49. The predicted octanol–water partition coefficient (Wildman–Crippen LogP) is 4.71. The lowest BCUT2D eigenvalue weighted by atomic mass is 10.1. The van der Waals surface area contributed by atoms with Crippen LogP contribution in [-0.2, 0) is 9.53 Å². The lowest BCUT2D eigenvalue weighted by Crippen LogP contribution is -2.21. The molecule has 3 aromatic carbocycles. The maximum absolute atomic E-state index is 12.3. The van der Waals surface area contributed by atoms with Gasteiger partial charge in [0.15, 0.2) is 6.61 Å². The normalized spacial score (nSPS) is 10.5. The average molecular weight is 398 g/mol. The molecule has 5 heteroatoms. The van der Waals surface area contributed by atoms with Gasteiger partial charge in [-0.2, -0.15) is 0 Å². The van der Waals surface area contributed by atoms with Gasteiger partial charge >= 0.3 is 5.97 Å². The lowest BCUT2D eigenvalue weighted by Gasteiger charge is -2.10. The molecule has 126 valence electrons. The molecular formula is C20H16BrNO3. The zero-order valence-corrected chi connectivity index (χ0v) is 15.2. The minimum Gasteiger partial charge on any atom is -0.452 e. The number of fused-ring (bicyclic) bond motifs is 1. The van der Waals surface area contributed by atoms with Gasteiger partial charge in [0, 0.05) is 4.47 Å². The van der Waals surface area contributed by atoms with Crippen LogP contribution in [0.4, 0.5) is 5.69 Å². The summed E-state index contributed by atoms with van der Waals surface area (Å²) in [6, 6.07) is 18.5. The number of carbonyl (C=O) groups excluding carboxylic acids is 2. The molecule has 0 atom stereocenters. The monoisotopic (exact) mass is 397 g/mol. The standard InChI is InChI=1S/C20H16BrNO3/c1-13-9-10-18(17(21)11-13)22-19(23)12-25-20(24)16-8-4-6-14-5-2-3-7-15(14)16/h2-11H,12H2,1H3,(H,22,23). The molecule has 0 aliphatic heterocycles. The van der Waals surface area contributed by atoms with Crippen LogP contribution in [0, 0.1) is 6.92 Å². The van der Waals surface area contributed by atoms with E-state index in [2.05, 4.69) is 21.2 Å². The number of hydrogen-bond acceptors (Lipinski definition) is 3. The second kappa shape index (κ2) is 7.49. The Morgan fingerprint density at radius 1 is 1.04 bits per heavy atom. The predicted molar refractivity (Wildman–Crippen MR) is 102 cm³/mol. The Bertz CT molecular complexity index is 947. The second-order valence-electron chi connectivity index (χ2n) is 5.63. The van der Waals surface area contributed by atoms with Crippen molar-refractivity contribution in [3.63, 3.8) is 0 Å². The molecule has 4 nitrogen and oxygen atoms in total. The number of halogens is 1. The molecule has 0 spiro atoms. The average Bonchev–Trinajstić information content (AvgIpc) is 2.61. The summed E-state index contributed by atoms with van der Waals surface area (Å²) in [7, 11) is 0. The van der Waals surface area contributed by atoms with E-state index >= 15 is 0 Å². The number of hydrogen-bond donors (Lipinski definition) is 1. The number of ether oxygens (including phenoxy) is 1. The van der Waals surface area contributed by atoms with Gasteiger partial charge in [-0.3, -0.25) is 4.79 Å². The van der Waals surface area contributed by atoms with Crippen molar-refractivity contribution in [3.8, 4) is 0 Å².